The molecule has 0 heterocycles. The fraction of sp³-hybridized carbons (Fsp3) is 0.588. The summed E-state index contributed by atoms with van der Waals surface area (Å²) in [7, 11) is 3.14. The average molecular weight is 324 g/mol. The zero-order valence-electron chi connectivity index (χ0n) is 14.7. The van der Waals surface area contributed by atoms with Crippen molar-refractivity contribution in [1.29, 1.82) is 0 Å². The maximum Gasteiger partial charge on any atom is 0.319 e. The first-order valence-electron chi connectivity index (χ1n) is 7.83. The van der Waals surface area contributed by atoms with Crippen molar-refractivity contribution in [3.05, 3.63) is 17.7 Å². The number of carbonyl (C=O) groups excluding carboxylic acids is 1. The van der Waals surface area contributed by atoms with Gasteiger partial charge in [-0.15, -0.1) is 0 Å². The van der Waals surface area contributed by atoms with Gasteiger partial charge in [-0.2, -0.15) is 0 Å². The minimum absolute atomic E-state index is 0.271. The van der Waals surface area contributed by atoms with Crippen molar-refractivity contribution in [3.8, 4) is 11.5 Å². The second-order valence-corrected chi connectivity index (χ2v) is 5.70. The molecule has 0 bridgehead atoms. The van der Waals surface area contributed by atoms with Gasteiger partial charge in [0.25, 0.3) is 0 Å². The topological polar surface area (TPSA) is 68.8 Å². The third-order valence-electron chi connectivity index (χ3n) is 3.35. The number of nitrogens with one attached hydrogen (secondary N) is 2. The van der Waals surface area contributed by atoms with Gasteiger partial charge in [0.2, 0.25) is 0 Å². The molecule has 23 heavy (non-hydrogen) atoms. The van der Waals surface area contributed by atoms with E-state index in [2.05, 4.69) is 24.5 Å². The Morgan fingerprint density at radius 3 is 2.39 bits per heavy atom. The van der Waals surface area contributed by atoms with E-state index in [0.29, 0.717) is 36.3 Å². The van der Waals surface area contributed by atoms with Crippen LogP contribution in [-0.4, -0.2) is 40.0 Å². The Hall–Kier alpha value is -1.95. The molecular formula is C17H28N2O4. The number of carbonyl (C=O) groups is 1. The largest absolute Gasteiger partial charge is 0.493 e. The molecule has 0 radical (unpaired) electrons. The molecule has 0 aliphatic rings. The third kappa shape index (κ3) is 6.78. The zero-order chi connectivity index (χ0) is 17.2. The van der Waals surface area contributed by atoms with Crippen molar-refractivity contribution in [2.45, 2.75) is 27.2 Å². The molecular weight excluding hydrogens is 296 g/mol. The van der Waals surface area contributed by atoms with Crippen LogP contribution in [0, 0.1) is 12.8 Å². The molecule has 0 fully saturated rings. The first-order valence-corrected chi connectivity index (χ1v) is 7.83. The number of hydrogen-bond acceptors (Lipinski definition) is 4. The summed E-state index contributed by atoms with van der Waals surface area (Å²) in [6.45, 7) is 7.89. The first-order chi connectivity index (χ1) is 11.0. The molecule has 0 unspecified atom stereocenters. The van der Waals surface area contributed by atoms with Crippen molar-refractivity contribution in [1.82, 2.24) is 5.32 Å². The van der Waals surface area contributed by atoms with Crippen LogP contribution in [0.4, 0.5) is 10.5 Å². The number of ether oxygens (including phenoxy) is 3. The number of rotatable bonds is 9. The van der Waals surface area contributed by atoms with Gasteiger partial charge in [0.05, 0.1) is 20.8 Å². The Labute approximate surface area is 138 Å². The fourth-order valence-electron chi connectivity index (χ4n) is 1.94. The molecule has 0 aliphatic heterocycles. The standard InChI is InChI=1S/C17H28N2O4/c1-12(2)6-8-23-9-7-18-17(20)19-14-11-16(22-5)15(21-4)10-13(14)3/h10-12H,6-9H2,1-5H3,(H2,18,19,20). The maximum absolute atomic E-state index is 11.9. The van der Waals surface area contributed by atoms with Gasteiger partial charge in [-0.1, -0.05) is 13.8 Å². The number of benzene rings is 1. The summed E-state index contributed by atoms with van der Waals surface area (Å²) in [5.74, 6) is 1.83. The predicted octanol–water partition coefficient (Wildman–Crippen LogP) is 3.20. The van der Waals surface area contributed by atoms with E-state index in [1.54, 1.807) is 20.3 Å². The summed E-state index contributed by atoms with van der Waals surface area (Å²) < 4.78 is 15.9. The van der Waals surface area contributed by atoms with Crippen LogP contribution >= 0.6 is 0 Å². The van der Waals surface area contributed by atoms with Gasteiger partial charge < -0.3 is 24.8 Å². The van der Waals surface area contributed by atoms with E-state index in [-0.39, 0.29) is 6.03 Å². The van der Waals surface area contributed by atoms with E-state index < -0.39 is 0 Å². The summed E-state index contributed by atoms with van der Waals surface area (Å²) in [6.07, 6.45) is 1.02. The van der Waals surface area contributed by atoms with Crippen LogP contribution in [0.15, 0.2) is 12.1 Å². The van der Waals surface area contributed by atoms with Gasteiger partial charge >= 0.3 is 6.03 Å². The number of anilines is 1. The van der Waals surface area contributed by atoms with Crippen molar-refractivity contribution < 1.29 is 19.0 Å². The van der Waals surface area contributed by atoms with Crippen molar-refractivity contribution >= 4 is 11.7 Å². The van der Waals surface area contributed by atoms with E-state index in [9.17, 15) is 4.79 Å². The van der Waals surface area contributed by atoms with E-state index in [0.717, 1.165) is 18.6 Å². The fourth-order valence-corrected chi connectivity index (χ4v) is 1.94. The smallest absolute Gasteiger partial charge is 0.319 e. The van der Waals surface area contributed by atoms with Crippen LogP contribution in [0.5, 0.6) is 11.5 Å². The highest BCUT2D eigenvalue weighted by atomic mass is 16.5. The lowest BCUT2D eigenvalue weighted by atomic mass is 10.1. The predicted molar refractivity (Wildman–Crippen MR) is 91.6 cm³/mol. The maximum atomic E-state index is 11.9. The molecule has 1 rings (SSSR count). The second-order valence-electron chi connectivity index (χ2n) is 5.70. The second kappa shape index (κ2) is 9.94. The lowest BCUT2D eigenvalue weighted by Crippen LogP contribution is -2.31. The highest BCUT2D eigenvalue weighted by molar-refractivity contribution is 5.90. The highest BCUT2D eigenvalue weighted by Crippen LogP contribution is 2.32. The number of hydrogen-bond donors (Lipinski definition) is 2. The molecule has 6 heteroatoms. The quantitative estimate of drug-likeness (QED) is 0.685. The van der Waals surface area contributed by atoms with Crippen LogP contribution in [-0.2, 0) is 4.74 Å². The molecule has 0 saturated heterocycles. The molecule has 1 aromatic rings. The molecule has 0 aromatic heterocycles. The minimum atomic E-state index is -0.271. The van der Waals surface area contributed by atoms with E-state index in [1.165, 1.54) is 0 Å². The SMILES string of the molecule is COc1cc(C)c(NC(=O)NCCOCCC(C)C)cc1OC. The van der Waals surface area contributed by atoms with E-state index in [4.69, 9.17) is 14.2 Å². The van der Waals surface area contributed by atoms with Gasteiger partial charge in [0.1, 0.15) is 0 Å². The summed E-state index contributed by atoms with van der Waals surface area (Å²) >= 11 is 0. The van der Waals surface area contributed by atoms with E-state index >= 15 is 0 Å². The number of aryl methyl sites for hydroxylation is 1. The molecule has 130 valence electrons. The Morgan fingerprint density at radius 2 is 1.78 bits per heavy atom. The van der Waals surface area contributed by atoms with Gasteiger partial charge in [-0.3, -0.25) is 0 Å². The summed E-state index contributed by atoms with van der Waals surface area (Å²) in [5.41, 5.74) is 1.58. The van der Waals surface area contributed by atoms with Crippen molar-refractivity contribution in [3.63, 3.8) is 0 Å². The van der Waals surface area contributed by atoms with Crippen molar-refractivity contribution in [2.75, 3.05) is 39.3 Å². The van der Waals surface area contributed by atoms with Crippen LogP contribution in [0.2, 0.25) is 0 Å². The van der Waals surface area contributed by atoms with Gasteiger partial charge in [0, 0.05) is 24.9 Å². The number of amides is 2. The van der Waals surface area contributed by atoms with Gasteiger partial charge in [0.15, 0.2) is 11.5 Å². The minimum Gasteiger partial charge on any atom is -0.493 e. The Balaban J connectivity index is 2.42. The normalized spacial score (nSPS) is 10.5. The molecule has 2 amide bonds. The lowest BCUT2D eigenvalue weighted by Gasteiger charge is -2.14. The molecule has 1 aromatic carbocycles. The van der Waals surface area contributed by atoms with Gasteiger partial charge in [-0.05, 0) is 30.9 Å². The highest BCUT2D eigenvalue weighted by Gasteiger charge is 2.10. The Kier molecular flexibility index (Phi) is 8.26. The van der Waals surface area contributed by atoms with E-state index in [1.807, 2.05) is 13.0 Å². The summed E-state index contributed by atoms with van der Waals surface area (Å²) in [5, 5.41) is 5.57. The van der Waals surface area contributed by atoms with Gasteiger partial charge in [-0.25, -0.2) is 4.79 Å². The lowest BCUT2D eigenvalue weighted by molar-refractivity contribution is 0.126. The number of urea groups is 1. The Bertz CT molecular complexity index is 504. The average Bonchev–Trinajstić information content (AvgIpc) is 2.51. The molecule has 0 spiro atoms. The monoisotopic (exact) mass is 324 g/mol. The van der Waals surface area contributed by atoms with Crippen LogP contribution in [0.3, 0.4) is 0 Å². The van der Waals surface area contributed by atoms with Crippen LogP contribution < -0.4 is 20.1 Å². The van der Waals surface area contributed by atoms with Crippen LogP contribution in [0.1, 0.15) is 25.8 Å². The molecule has 6 nitrogen and oxygen atoms in total. The third-order valence-corrected chi connectivity index (χ3v) is 3.35. The zero-order valence-corrected chi connectivity index (χ0v) is 14.7. The number of methoxy groups -OCH3 is 2. The summed E-state index contributed by atoms with van der Waals surface area (Å²) in [6, 6.07) is 3.30. The molecule has 0 aliphatic carbocycles. The molecule has 0 saturated carbocycles. The van der Waals surface area contributed by atoms with Crippen LogP contribution in [0.25, 0.3) is 0 Å². The Morgan fingerprint density at radius 1 is 1.13 bits per heavy atom. The first kappa shape index (κ1) is 19.1. The molecule has 2 N–H and O–H groups in total. The molecule has 0 atom stereocenters. The van der Waals surface area contributed by atoms with Crippen molar-refractivity contribution in [2.24, 2.45) is 5.92 Å². The summed E-state index contributed by atoms with van der Waals surface area (Å²) in [4.78, 5) is 11.9.